The van der Waals surface area contributed by atoms with E-state index >= 15 is 0 Å². The highest BCUT2D eigenvalue weighted by molar-refractivity contribution is 6.02. The van der Waals surface area contributed by atoms with Crippen LogP contribution in [0.5, 0.6) is 0 Å². The third-order valence-corrected chi connectivity index (χ3v) is 2.54. The maximum Gasteiger partial charge on any atom is 0.455 e. The molecule has 2 rings (SSSR count). The molecule has 0 bridgehead atoms. The van der Waals surface area contributed by atoms with Crippen molar-refractivity contribution in [2.45, 2.75) is 6.18 Å². The van der Waals surface area contributed by atoms with Gasteiger partial charge in [0.05, 0.1) is 16.6 Å². The minimum atomic E-state index is -5.12. The van der Waals surface area contributed by atoms with Crippen molar-refractivity contribution in [3.8, 4) is 6.07 Å². The van der Waals surface area contributed by atoms with E-state index in [0.29, 0.717) is 6.20 Å². The number of hydrogen-bond donors (Lipinski definition) is 1. The molecule has 0 spiro atoms. The average molecular weight is 266 g/mol. The number of nitriles is 1. The maximum atomic E-state index is 12.3. The van der Waals surface area contributed by atoms with Crippen LogP contribution in [-0.4, -0.2) is 16.9 Å². The number of fused-ring (bicyclic) bond motifs is 1. The number of pyridine rings is 1. The highest BCUT2D eigenvalue weighted by Gasteiger charge is 2.40. The lowest BCUT2D eigenvalue weighted by atomic mass is 10.1. The van der Waals surface area contributed by atoms with E-state index in [4.69, 9.17) is 5.26 Å². The topological polar surface area (TPSA) is 73.7 Å². The van der Waals surface area contributed by atoms with E-state index < -0.39 is 23.0 Å². The summed E-state index contributed by atoms with van der Waals surface area (Å²) < 4.78 is 36.9. The van der Waals surface area contributed by atoms with Crippen LogP contribution in [-0.2, 0) is 0 Å². The van der Waals surface area contributed by atoms with Crippen molar-refractivity contribution < 1.29 is 18.0 Å². The van der Waals surface area contributed by atoms with Gasteiger partial charge in [-0.3, -0.25) is 9.59 Å². The van der Waals surface area contributed by atoms with Crippen molar-refractivity contribution in [3.63, 3.8) is 0 Å². The Morgan fingerprint density at radius 2 is 2.00 bits per heavy atom. The number of Topliss-reactive ketones (excluding diaryl/α,β-unsaturated/α-hetero) is 1. The number of H-pyrrole nitrogens is 1. The second kappa shape index (κ2) is 4.24. The van der Waals surface area contributed by atoms with E-state index in [1.165, 1.54) is 18.2 Å². The molecule has 0 aliphatic carbocycles. The maximum absolute atomic E-state index is 12.3. The summed E-state index contributed by atoms with van der Waals surface area (Å²) >= 11 is 0. The van der Waals surface area contributed by atoms with Crippen LogP contribution in [0.25, 0.3) is 10.9 Å². The predicted octanol–water partition coefficient (Wildman–Crippen LogP) is 2.14. The Bertz CT molecular complexity index is 769. The van der Waals surface area contributed by atoms with Crippen LogP contribution in [0.1, 0.15) is 15.9 Å². The Kier molecular flexibility index (Phi) is 2.86. The molecule has 0 radical (unpaired) electrons. The molecular formula is C12H5F3N2O2. The Balaban J connectivity index is 2.77. The lowest BCUT2D eigenvalue weighted by molar-refractivity contribution is -0.0886. The first-order valence-corrected chi connectivity index (χ1v) is 5.02. The Labute approximate surface area is 104 Å². The van der Waals surface area contributed by atoms with Crippen molar-refractivity contribution in [3.05, 3.63) is 45.7 Å². The number of nitrogens with one attached hydrogen (secondary N) is 1. The zero-order valence-corrected chi connectivity index (χ0v) is 9.21. The van der Waals surface area contributed by atoms with Crippen LogP contribution in [0, 0.1) is 11.3 Å². The van der Waals surface area contributed by atoms with Gasteiger partial charge in [0.25, 0.3) is 5.78 Å². The average Bonchev–Trinajstić information content (AvgIpc) is 2.37. The molecular weight excluding hydrogens is 261 g/mol. The zero-order valence-electron chi connectivity index (χ0n) is 9.21. The Morgan fingerprint density at radius 1 is 1.32 bits per heavy atom. The number of carbonyl (C=O) groups is 1. The molecule has 0 unspecified atom stereocenters. The van der Waals surface area contributed by atoms with Crippen molar-refractivity contribution >= 4 is 16.7 Å². The second-order valence-corrected chi connectivity index (χ2v) is 3.70. The van der Waals surface area contributed by atoms with Gasteiger partial charge < -0.3 is 4.98 Å². The normalized spacial score (nSPS) is 11.3. The number of aromatic nitrogens is 1. The second-order valence-electron chi connectivity index (χ2n) is 3.70. The van der Waals surface area contributed by atoms with Crippen LogP contribution in [0.2, 0.25) is 0 Å². The molecule has 2 aromatic rings. The van der Waals surface area contributed by atoms with Crippen LogP contribution in [0.4, 0.5) is 13.2 Å². The van der Waals surface area contributed by atoms with E-state index in [0.717, 1.165) is 0 Å². The van der Waals surface area contributed by atoms with Gasteiger partial charge in [-0.25, -0.2) is 0 Å². The van der Waals surface area contributed by atoms with E-state index in [-0.39, 0.29) is 16.5 Å². The molecule has 96 valence electrons. The van der Waals surface area contributed by atoms with Crippen LogP contribution >= 0.6 is 0 Å². The van der Waals surface area contributed by atoms with Gasteiger partial charge in [-0.1, -0.05) is 6.07 Å². The molecule has 0 fully saturated rings. The molecule has 0 saturated carbocycles. The SMILES string of the molecule is N#Cc1cccc2c(=O)c(C(=O)C(F)(F)F)c[nH]c12. The fourth-order valence-corrected chi connectivity index (χ4v) is 1.67. The summed E-state index contributed by atoms with van der Waals surface area (Å²) in [4.78, 5) is 25.3. The molecule has 0 aliphatic rings. The van der Waals surface area contributed by atoms with Gasteiger partial charge in [-0.15, -0.1) is 0 Å². The summed E-state index contributed by atoms with van der Waals surface area (Å²) in [5.74, 6) is -2.21. The Morgan fingerprint density at radius 3 is 2.58 bits per heavy atom. The number of alkyl halides is 3. The fraction of sp³-hybridized carbons (Fsp3) is 0.0833. The number of benzene rings is 1. The van der Waals surface area contributed by atoms with Gasteiger partial charge in [0.2, 0.25) is 5.43 Å². The van der Waals surface area contributed by atoms with Gasteiger partial charge in [0.1, 0.15) is 6.07 Å². The molecule has 1 N–H and O–H groups in total. The summed E-state index contributed by atoms with van der Waals surface area (Å²) in [6.07, 6.45) is -4.44. The molecule has 0 amide bonds. The van der Waals surface area contributed by atoms with E-state index in [1.807, 2.05) is 0 Å². The molecule has 7 heteroatoms. The highest BCUT2D eigenvalue weighted by atomic mass is 19.4. The number of hydrogen-bond acceptors (Lipinski definition) is 3. The molecule has 1 aromatic carbocycles. The van der Waals surface area contributed by atoms with Gasteiger partial charge >= 0.3 is 6.18 Å². The number of halogens is 3. The minimum absolute atomic E-state index is 0.105. The summed E-state index contributed by atoms with van der Waals surface area (Å²) in [6, 6.07) is 5.82. The fourth-order valence-electron chi connectivity index (χ4n) is 1.67. The van der Waals surface area contributed by atoms with Crippen molar-refractivity contribution in [2.24, 2.45) is 0 Å². The lowest BCUT2D eigenvalue weighted by Gasteiger charge is -2.06. The third-order valence-electron chi connectivity index (χ3n) is 2.54. The van der Waals surface area contributed by atoms with E-state index in [9.17, 15) is 22.8 Å². The molecule has 0 atom stereocenters. The number of para-hydroxylation sites is 1. The van der Waals surface area contributed by atoms with Crippen molar-refractivity contribution in [1.82, 2.24) is 4.98 Å². The Hall–Kier alpha value is -2.62. The first kappa shape index (κ1) is 12.8. The molecule has 1 heterocycles. The molecule has 19 heavy (non-hydrogen) atoms. The van der Waals surface area contributed by atoms with E-state index in [1.54, 1.807) is 6.07 Å². The van der Waals surface area contributed by atoms with Crippen LogP contribution in [0.15, 0.2) is 29.2 Å². The summed E-state index contributed by atoms with van der Waals surface area (Å²) in [5, 5.41) is 8.68. The lowest BCUT2D eigenvalue weighted by Crippen LogP contribution is -2.28. The highest BCUT2D eigenvalue weighted by Crippen LogP contribution is 2.21. The third kappa shape index (κ3) is 2.08. The first-order valence-electron chi connectivity index (χ1n) is 5.02. The smallest absolute Gasteiger partial charge is 0.359 e. The quantitative estimate of drug-likeness (QED) is 0.803. The largest absolute Gasteiger partial charge is 0.455 e. The number of nitrogens with zero attached hydrogens (tertiary/aromatic N) is 1. The zero-order chi connectivity index (χ0) is 14.2. The monoisotopic (exact) mass is 266 g/mol. The standard InChI is InChI=1S/C12H5F3N2O2/c13-12(14,15)11(19)8-5-17-9-6(4-16)2-1-3-7(9)10(8)18/h1-3,5H,(H,17,18). The number of carbonyl (C=O) groups excluding carboxylic acids is 1. The van der Waals surface area contributed by atoms with Crippen LogP contribution < -0.4 is 5.43 Å². The molecule has 0 saturated heterocycles. The van der Waals surface area contributed by atoms with Crippen molar-refractivity contribution in [2.75, 3.05) is 0 Å². The number of aromatic amines is 1. The van der Waals surface area contributed by atoms with E-state index in [2.05, 4.69) is 4.98 Å². The minimum Gasteiger partial charge on any atom is -0.359 e. The predicted molar refractivity (Wildman–Crippen MR) is 59.7 cm³/mol. The summed E-state index contributed by atoms with van der Waals surface area (Å²) in [7, 11) is 0. The number of rotatable bonds is 1. The number of ketones is 1. The summed E-state index contributed by atoms with van der Waals surface area (Å²) in [6.45, 7) is 0. The molecule has 4 nitrogen and oxygen atoms in total. The summed E-state index contributed by atoms with van der Waals surface area (Å²) in [5.41, 5.74) is -1.82. The van der Waals surface area contributed by atoms with Gasteiger partial charge in [-0.05, 0) is 12.1 Å². The van der Waals surface area contributed by atoms with Crippen molar-refractivity contribution in [1.29, 1.82) is 5.26 Å². The van der Waals surface area contributed by atoms with Gasteiger partial charge in [0, 0.05) is 11.6 Å². The van der Waals surface area contributed by atoms with Gasteiger partial charge in [0.15, 0.2) is 0 Å². The van der Waals surface area contributed by atoms with Crippen LogP contribution in [0.3, 0.4) is 0 Å². The molecule has 1 aromatic heterocycles. The first-order chi connectivity index (χ1) is 8.86. The van der Waals surface area contributed by atoms with Gasteiger partial charge in [-0.2, -0.15) is 18.4 Å². The molecule has 0 aliphatic heterocycles.